The number of nitrogens with two attached hydrogens (primary N) is 1. The second-order valence-corrected chi connectivity index (χ2v) is 10.9. The number of rotatable bonds is 3. The zero-order valence-electron chi connectivity index (χ0n) is 18.3. The van der Waals surface area contributed by atoms with Gasteiger partial charge in [0.2, 0.25) is 0 Å². The maximum atomic E-state index is 12.1. The molecule has 2 N–H and O–H groups in total. The van der Waals surface area contributed by atoms with Crippen LogP contribution in [0.4, 0.5) is 5.82 Å². The molecule has 5 heterocycles. The molecule has 0 radical (unpaired) electrons. The summed E-state index contributed by atoms with van der Waals surface area (Å²) in [7, 11) is -3.02. The summed E-state index contributed by atoms with van der Waals surface area (Å²) in [5, 5.41) is 5.57. The molecule has 0 unspecified atom stereocenters. The maximum absolute atomic E-state index is 12.1. The van der Waals surface area contributed by atoms with E-state index >= 15 is 0 Å². The number of anilines is 1. The molecule has 9 heteroatoms. The van der Waals surface area contributed by atoms with Crippen LogP contribution in [0, 0.1) is 0 Å². The number of sulfone groups is 1. The quantitative estimate of drug-likeness (QED) is 0.425. The van der Waals surface area contributed by atoms with Gasteiger partial charge >= 0.3 is 0 Å². The first-order valence-corrected chi connectivity index (χ1v) is 13.0. The maximum Gasteiger partial charge on any atom is 0.165 e. The van der Waals surface area contributed by atoms with Gasteiger partial charge in [-0.25, -0.2) is 13.4 Å². The summed E-state index contributed by atoms with van der Waals surface area (Å²) in [6, 6.07) is 15.6. The van der Waals surface area contributed by atoms with Crippen LogP contribution in [0.1, 0.15) is 24.5 Å². The zero-order valence-corrected chi connectivity index (χ0v) is 19.1. The lowest BCUT2D eigenvalue weighted by atomic mass is 9.93. The first-order chi connectivity index (χ1) is 16.5. The molecule has 170 valence electrons. The number of fused-ring (bicyclic) bond motifs is 2. The van der Waals surface area contributed by atoms with Crippen LogP contribution in [0.25, 0.3) is 38.9 Å². The Morgan fingerprint density at radius 3 is 2.56 bits per heavy atom. The van der Waals surface area contributed by atoms with E-state index in [4.69, 9.17) is 10.7 Å². The molecule has 34 heavy (non-hydrogen) atoms. The number of nitrogen functional groups attached to an aromatic ring is 1. The molecule has 8 nitrogen and oxygen atoms in total. The van der Waals surface area contributed by atoms with Gasteiger partial charge in [0.1, 0.15) is 15.7 Å². The fourth-order valence-corrected chi connectivity index (χ4v) is 6.18. The minimum Gasteiger partial charge on any atom is -0.383 e. The Balaban J connectivity index is 1.57. The molecule has 0 spiro atoms. The third-order valence-corrected chi connectivity index (χ3v) is 8.19. The standard InChI is InChI=1S/C25H22N6O2S/c26-24-22(21-7-3-4-10-27-21)23(16-8-11-34(32,33)12-9-16)30-25-19(15-29-31(24)25)18-13-17-5-1-2-6-20(17)28-14-18/h1-7,10,13-16H,8-9,11-12,26H2. The van der Waals surface area contributed by atoms with Crippen LogP contribution in [-0.4, -0.2) is 44.5 Å². The number of aromatic nitrogens is 5. The van der Waals surface area contributed by atoms with E-state index in [0.29, 0.717) is 35.6 Å². The Morgan fingerprint density at radius 1 is 0.971 bits per heavy atom. The number of pyridine rings is 2. The van der Waals surface area contributed by atoms with Gasteiger partial charge in [0.05, 0.1) is 40.2 Å². The Hall–Kier alpha value is -3.85. The van der Waals surface area contributed by atoms with E-state index in [9.17, 15) is 8.42 Å². The molecule has 0 aliphatic carbocycles. The lowest BCUT2D eigenvalue weighted by molar-refractivity contribution is 0.545. The van der Waals surface area contributed by atoms with Gasteiger partial charge in [-0.2, -0.15) is 9.61 Å². The number of hydrogen-bond acceptors (Lipinski definition) is 7. The zero-order chi connectivity index (χ0) is 23.3. The highest BCUT2D eigenvalue weighted by molar-refractivity contribution is 7.91. The lowest BCUT2D eigenvalue weighted by Crippen LogP contribution is -2.24. The van der Waals surface area contributed by atoms with Gasteiger partial charge in [0.15, 0.2) is 5.65 Å². The van der Waals surface area contributed by atoms with E-state index in [-0.39, 0.29) is 17.4 Å². The van der Waals surface area contributed by atoms with Crippen molar-refractivity contribution in [1.29, 1.82) is 0 Å². The fraction of sp³-hybridized carbons (Fsp3) is 0.200. The van der Waals surface area contributed by atoms with Gasteiger partial charge in [-0.3, -0.25) is 9.97 Å². The number of benzene rings is 1. The second kappa shape index (κ2) is 7.88. The first kappa shape index (κ1) is 20.7. The number of nitrogens with zero attached hydrogens (tertiary/aromatic N) is 5. The van der Waals surface area contributed by atoms with Crippen LogP contribution in [0.3, 0.4) is 0 Å². The number of hydrogen-bond donors (Lipinski definition) is 1. The highest BCUT2D eigenvalue weighted by Gasteiger charge is 2.30. The summed E-state index contributed by atoms with van der Waals surface area (Å²) in [5.41, 5.74) is 12.1. The van der Waals surface area contributed by atoms with Crippen LogP contribution in [0.2, 0.25) is 0 Å². The monoisotopic (exact) mass is 470 g/mol. The van der Waals surface area contributed by atoms with Gasteiger partial charge in [-0.1, -0.05) is 24.3 Å². The normalized spacial score (nSPS) is 16.2. The minimum atomic E-state index is -3.02. The van der Waals surface area contributed by atoms with Gasteiger partial charge < -0.3 is 5.73 Å². The average Bonchev–Trinajstić information content (AvgIpc) is 3.29. The Kier molecular flexibility index (Phi) is 4.80. The molecule has 0 atom stereocenters. The SMILES string of the molecule is Nc1c(-c2ccccn2)c(C2CCS(=O)(=O)CC2)nc2c(-c3cnc4ccccc4c3)cnn12. The molecule has 5 aromatic rings. The fourth-order valence-electron chi connectivity index (χ4n) is 4.69. The molecule has 0 amide bonds. The topological polar surface area (TPSA) is 116 Å². The van der Waals surface area contributed by atoms with E-state index in [2.05, 4.69) is 21.1 Å². The van der Waals surface area contributed by atoms with Crippen molar-refractivity contribution in [2.45, 2.75) is 18.8 Å². The molecule has 1 aliphatic heterocycles. The Morgan fingerprint density at radius 2 is 1.76 bits per heavy atom. The summed E-state index contributed by atoms with van der Waals surface area (Å²) in [4.78, 5) is 14.2. The van der Waals surface area contributed by atoms with Crippen molar-refractivity contribution in [3.05, 3.63) is 72.8 Å². The van der Waals surface area contributed by atoms with Crippen LogP contribution in [0.15, 0.2) is 67.1 Å². The van der Waals surface area contributed by atoms with Crippen LogP contribution >= 0.6 is 0 Å². The average molecular weight is 471 g/mol. The van der Waals surface area contributed by atoms with Crippen LogP contribution < -0.4 is 5.73 Å². The van der Waals surface area contributed by atoms with E-state index < -0.39 is 9.84 Å². The van der Waals surface area contributed by atoms with Crippen LogP contribution in [-0.2, 0) is 9.84 Å². The van der Waals surface area contributed by atoms with E-state index in [1.54, 1.807) is 16.9 Å². The van der Waals surface area contributed by atoms with Gasteiger partial charge in [-0.15, -0.1) is 0 Å². The minimum absolute atomic E-state index is 0.0368. The summed E-state index contributed by atoms with van der Waals surface area (Å²) >= 11 is 0. The van der Waals surface area contributed by atoms with Gasteiger partial charge in [-0.05, 0) is 37.1 Å². The van der Waals surface area contributed by atoms with E-state index in [0.717, 1.165) is 27.7 Å². The summed E-state index contributed by atoms with van der Waals surface area (Å²) in [6.45, 7) is 0. The summed E-state index contributed by atoms with van der Waals surface area (Å²) in [6.07, 6.45) is 6.29. The second-order valence-electron chi connectivity index (χ2n) is 8.61. The first-order valence-electron chi connectivity index (χ1n) is 11.1. The van der Waals surface area contributed by atoms with E-state index in [1.807, 2.05) is 48.7 Å². The lowest BCUT2D eigenvalue weighted by Gasteiger charge is -2.24. The molecular formula is C25H22N6O2S. The van der Waals surface area contributed by atoms with Crippen LogP contribution in [0.5, 0.6) is 0 Å². The molecule has 1 fully saturated rings. The highest BCUT2D eigenvalue weighted by Crippen LogP contribution is 2.39. The third kappa shape index (κ3) is 3.49. The van der Waals surface area contributed by atoms with Crippen molar-refractivity contribution in [1.82, 2.24) is 24.6 Å². The Labute approximate surface area is 196 Å². The molecule has 4 aromatic heterocycles. The van der Waals surface area contributed by atoms with Crippen molar-refractivity contribution in [3.63, 3.8) is 0 Å². The smallest absolute Gasteiger partial charge is 0.165 e. The van der Waals surface area contributed by atoms with Gasteiger partial charge in [0, 0.05) is 34.8 Å². The van der Waals surface area contributed by atoms with Crippen molar-refractivity contribution in [3.8, 4) is 22.4 Å². The van der Waals surface area contributed by atoms with Crippen molar-refractivity contribution in [2.24, 2.45) is 0 Å². The van der Waals surface area contributed by atoms with Gasteiger partial charge in [0.25, 0.3) is 0 Å². The number of para-hydroxylation sites is 1. The predicted molar refractivity (Wildman–Crippen MR) is 132 cm³/mol. The van der Waals surface area contributed by atoms with Crippen molar-refractivity contribution < 1.29 is 8.42 Å². The summed E-state index contributed by atoms with van der Waals surface area (Å²) < 4.78 is 25.8. The predicted octanol–water partition coefficient (Wildman–Crippen LogP) is 3.88. The molecule has 0 saturated carbocycles. The van der Waals surface area contributed by atoms with Crippen molar-refractivity contribution in [2.75, 3.05) is 17.2 Å². The molecule has 6 rings (SSSR count). The highest BCUT2D eigenvalue weighted by atomic mass is 32.2. The molecule has 1 saturated heterocycles. The third-order valence-electron chi connectivity index (χ3n) is 6.47. The molecule has 1 aliphatic rings. The largest absolute Gasteiger partial charge is 0.383 e. The molecule has 0 bridgehead atoms. The summed E-state index contributed by atoms with van der Waals surface area (Å²) in [5.74, 6) is 0.692. The van der Waals surface area contributed by atoms with Crippen molar-refractivity contribution >= 4 is 32.2 Å². The van der Waals surface area contributed by atoms with E-state index in [1.165, 1.54) is 0 Å². The Bertz CT molecular complexity index is 1630. The molecular weight excluding hydrogens is 448 g/mol. The molecule has 1 aromatic carbocycles.